The Labute approximate surface area is 191 Å². The van der Waals surface area contributed by atoms with E-state index in [0.717, 1.165) is 47.0 Å². The van der Waals surface area contributed by atoms with E-state index in [9.17, 15) is 9.59 Å². The maximum Gasteiger partial charge on any atom is 0.254 e. The van der Waals surface area contributed by atoms with Gasteiger partial charge in [0.1, 0.15) is 11.4 Å². The van der Waals surface area contributed by atoms with Crippen molar-refractivity contribution < 1.29 is 14.3 Å². The zero-order chi connectivity index (χ0) is 21.9. The zero-order valence-corrected chi connectivity index (χ0v) is 18.5. The average Bonchev–Trinajstić information content (AvgIpc) is 3.26. The van der Waals surface area contributed by atoms with Gasteiger partial charge in [-0.05, 0) is 55.2 Å². The van der Waals surface area contributed by atoms with Crippen molar-refractivity contribution in [1.29, 1.82) is 0 Å². The summed E-state index contributed by atoms with van der Waals surface area (Å²) in [7, 11) is 0. The summed E-state index contributed by atoms with van der Waals surface area (Å²) in [5, 5.41) is 1.44. The molecule has 6 heteroatoms. The van der Waals surface area contributed by atoms with Crippen molar-refractivity contribution in [2.45, 2.75) is 44.1 Å². The maximum atomic E-state index is 13.8. The number of aromatic nitrogens is 1. The van der Waals surface area contributed by atoms with Gasteiger partial charge in [-0.25, -0.2) is 0 Å². The lowest BCUT2D eigenvalue weighted by molar-refractivity contribution is -0.00567. The molecular weight excluding hydrogens is 424 g/mol. The van der Waals surface area contributed by atoms with Gasteiger partial charge in [-0.15, -0.1) is 0 Å². The van der Waals surface area contributed by atoms with Crippen LogP contribution in [-0.2, 0) is 12.8 Å². The molecular formula is C26H23ClN2O3. The summed E-state index contributed by atoms with van der Waals surface area (Å²) in [5.41, 5.74) is 3.83. The predicted molar refractivity (Wildman–Crippen MR) is 123 cm³/mol. The second kappa shape index (κ2) is 7.31. The average molecular weight is 447 g/mol. The molecule has 0 atom stereocenters. The molecule has 0 saturated carbocycles. The Morgan fingerprint density at radius 3 is 2.75 bits per heavy atom. The molecule has 6 rings (SSSR count). The summed E-state index contributed by atoms with van der Waals surface area (Å²) in [6.45, 7) is 1.13. The number of para-hydroxylation sites is 1. The van der Waals surface area contributed by atoms with Crippen LogP contribution in [0, 0.1) is 0 Å². The Balaban J connectivity index is 1.30. The van der Waals surface area contributed by atoms with Crippen LogP contribution in [0.25, 0.3) is 10.9 Å². The Morgan fingerprint density at radius 2 is 1.91 bits per heavy atom. The molecule has 1 amide bonds. The van der Waals surface area contributed by atoms with Crippen LogP contribution in [0.1, 0.15) is 57.7 Å². The van der Waals surface area contributed by atoms with Crippen LogP contribution in [0.5, 0.6) is 5.75 Å². The number of hydrogen-bond donors (Lipinski definition) is 0. The smallest absolute Gasteiger partial charge is 0.254 e. The highest BCUT2D eigenvalue weighted by atomic mass is 35.5. The summed E-state index contributed by atoms with van der Waals surface area (Å²) in [6, 6.07) is 13.0. The normalized spacial score (nSPS) is 19.0. The van der Waals surface area contributed by atoms with Crippen molar-refractivity contribution in [1.82, 2.24) is 9.88 Å². The number of piperidine rings is 1. The zero-order valence-electron chi connectivity index (χ0n) is 17.7. The molecule has 5 nitrogen and oxygen atoms in total. The first-order chi connectivity index (χ1) is 15.5. The molecule has 3 heterocycles. The molecule has 0 unspecified atom stereocenters. The van der Waals surface area contributed by atoms with Crippen molar-refractivity contribution in [2.24, 2.45) is 0 Å². The molecule has 3 aromatic rings. The number of amides is 1. The van der Waals surface area contributed by atoms with Crippen LogP contribution in [-0.4, -0.2) is 40.3 Å². The number of ketones is 1. The van der Waals surface area contributed by atoms with Gasteiger partial charge in [0.15, 0.2) is 5.78 Å². The lowest BCUT2D eigenvalue weighted by Gasteiger charge is -2.44. The lowest BCUT2D eigenvalue weighted by Crippen LogP contribution is -2.52. The van der Waals surface area contributed by atoms with Gasteiger partial charge < -0.3 is 9.64 Å². The Kier molecular flexibility index (Phi) is 4.51. The van der Waals surface area contributed by atoms with Crippen molar-refractivity contribution in [3.05, 3.63) is 69.9 Å². The number of aryl methyl sites for hydroxylation is 1. The number of fused-ring (bicyclic) bond motifs is 3. The third-order valence-electron chi connectivity index (χ3n) is 7.15. The maximum absolute atomic E-state index is 13.8. The first-order valence-corrected chi connectivity index (χ1v) is 11.6. The van der Waals surface area contributed by atoms with Crippen molar-refractivity contribution >= 4 is 34.2 Å². The Morgan fingerprint density at radius 1 is 1.09 bits per heavy atom. The van der Waals surface area contributed by atoms with E-state index in [4.69, 9.17) is 21.3 Å². The first-order valence-electron chi connectivity index (χ1n) is 11.2. The van der Waals surface area contributed by atoms with Gasteiger partial charge in [-0.1, -0.05) is 23.7 Å². The molecule has 0 radical (unpaired) electrons. The van der Waals surface area contributed by atoms with Gasteiger partial charge in [0.25, 0.3) is 5.91 Å². The molecule has 162 valence electrons. The van der Waals surface area contributed by atoms with Crippen molar-refractivity contribution in [2.75, 3.05) is 13.1 Å². The number of hydrogen-bond acceptors (Lipinski definition) is 4. The van der Waals surface area contributed by atoms with E-state index >= 15 is 0 Å². The van der Waals surface area contributed by atoms with E-state index in [0.29, 0.717) is 48.7 Å². The van der Waals surface area contributed by atoms with Gasteiger partial charge in [-0.2, -0.15) is 0 Å². The molecule has 0 bridgehead atoms. The quantitative estimate of drug-likeness (QED) is 0.526. The van der Waals surface area contributed by atoms with Crippen molar-refractivity contribution in [3.8, 4) is 5.75 Å². The molecule has 0 N–H and O–H groups in total. The van der Waals surface area contributed by atoms with E-state index in [2.05, 4.69) is 0 Å². The van der Waals surface area contributed by atoms with Crippen LogP contribution in [0.4, 0.5) is 0 Å². The molecule has 1 spiro atoms. The number of benzene rings is 2. The van der Waals surface area contributed by atoms with E-state index < -0.39 is 5.60 Å². The van der Waals surface area contributed by atoms with E-state index in [-0.39, 0.29) is 11.7 Å². The van der Waals surface area contributed by atoms with Crippen LogP contribution in [0.3, 0.4) is 0 Å². The Hall–Kier alpha value is -2.92. The van der Waals surface area contributed by atoms with Gasteiger partial charge in [-0.3, -0.25) is 14.6 Å². The summed E-state index contributed by atoms with van der Waals surface area (Å²) in [5.74, 6) is 0.825. The Bertz CT molecular complexity index is 1280. The standard InChI is InChI=1S/C26H23ClN2O3/c27-16-8-9-21-19(14-16)24(17-5-3-6-20(17)28-21)25(31)29-12-10-26(11-13-29)15-22(30)18-4-1-2-7-23(18)32-26/h1-2,4,7-9,14H,3,5-6,10-13,15H2. The number of carbonyl (C=O) groups is 2. The van der Waals surface area contributed by atoms with Crippen LogP contribution in [0.15, 0.2) is 42.5 Å². The molecule has 2 aromatic carbocycles. The minimum absolute atomic E-state index is 0.0372. The fourth-order valence-electron chi connectivity index (χ4n) is 5.48. The minimum atomic E-state index is -0.520. The molecule has 3 aliphatic rings. The second-order valence-electron chi connectivity index (χ2n) is 9.10. The van der Waals surface area contributed by atoms with Gasteiger partial charge >= 0.3 is 0 Å². The highest BCUT2D eigenvalue weighted by Gasteiger charge is 2.44. The van der Waals surface area contributed by atoms with Crippen LogP contribution in [0.2, 0.25) is 5.02 Å². The number of nitrogens with zero attached hydrogens (tertiary/aromatic N) is 2. The number of halogens is 1. The highest BCUT2D eigenvalue weighted by Crippen LogP contribution is 2.40. The monoisotopic (exact) mass is 446 g/mol. The molecule has 32 heavy (non-hydrogen) atoms. The number of rotatable bonds is 1. The number of Topliss-reactive ketones (excluding diaryl/α,β-unsaturated/α-hetero) is 1. The fraction of sp³-hybridized carbons (Fsp3) is 0.346. The predicted octanol–water partition coefficient (Wildman–Crippen LogP) is 5.02. The number of carbonyl (C=O) groups excluding carboxylic acids is 2. The third-order valence-corrected chi connectivity index (χ3v) is 7.38. The molecule has 1 aliphatic carbocycles. The lowest BCUT2D eigenvalue weighted by atomic mass is 9.82. The van der Waals surface area contributed by atoms with Gasteiger partial charge in [0, 0.05) is 42.0 Å². The van der Waals surface area contributed by atoms with Gasteiger partial charge in [0.2, 0.25) is 0 Å². The number of ether oxygens (including phenoxy) is 1. The summed E-state index contributed by atoms with van der Waals surface area (Å²) in [4.78, 5) is 33.2. The highest BCUT2D eigenvalue weighted by molar-refractivity contribution is 6.31. The van der Waals surface area contributed by atoms with Crippen molar-refractivity contribution in [3.63, 3.8) is 0 Å². The molecule has 1 fully saturated rings. The fourth-order valence-corrected chi connectivity index (χ4v) is 5.65. The van der Waals surface area contributed by atoms with Crippen LogP contribution < -0.4 is 4.74 Å². The minimum Gasteiger partial charge on any atom is -0.486 e. The number of likely N-dealkylation sites (tertiary alicyclic amines) is 1. The van der Waals surface area contributed by atoms with E-state index in [1.807, 2.05) is 47.4 Å². The largest absolute Gasteiger partial charge is 0.486 e. The summed E-state index contributed by atoms with van der Waals surface area (Å²) < 4.78 is 6.34. The first kappa shape index (κ1) is 19.7. The van der Waals surface area contributed by atoms with Gasteiger partial charge in [0.05, 0.1) is 23.1 Å². The van der Waals surface area contributed by atoms with Crippen LogP contribution >= 0.6 is 11.6 Å². The third kappa shape index (κ3) is 3.10. The summed E-state index contributed by atoms with van der Waals surface area (Å²) >= 11 is 6.28. The van der Waals surface area contributed by atoms with E-state index in [1.165, 1.54) is 0 Å². The topological polar surface area (TPSA) is 59.5 Å². The van der Waals surface area contributed by atoms with E-state index in [1.54, 1.807) is 0 Å². The SMILES string of the molecule is O=C1CC2(CCN(C(=O)c3c4c(nc5ccc(Cl)cc35)CCC4)CC2)Oc2ccccc21. The second-order valence-corrected chi connectivity index (χ2v) is 9.54. The summed E-state index contributed by atoms with van der Waals surface area (Å²) in [6.07, 6.45) is 4.46. The molecule has 2 aliphatic heterocycles. The molecule has 1 aromatic heterocycles. The molecule has 1 saturated heterocycles. The number of pyridine rings is 1.